The van der Waals surface area contributed by atoms with Crippen LogP contribution in [0.4, 0.5) is 5.69 Å². The van der Waals surface area contributed by atoms with E-state index >= 15 is 0 Å². The number of aromatic nitrogens is 2. The number of rotatable bonds is 1. The lowest BCUT2D eigenvalue weighted by atomic mass is 10.2. The summed E-state index contributed by atoms with van der Waals surface area (Å²) >= 11 is 7.66. The van der Waals surface area contributed by atoms with Crippen molar-refractivity contribution in [2.24, 2.45) is 0 Å². The van der Waals surface area contributed by atoms with Gasteiger partial charge in [-0.05, 0) is 35.7 Å². The molecule has 16 heavy (non-hydrogen) atoms. The Hall–Kier alpha value is -1.26. The summed E-state index contributed by atoms with van der Waals surface area (Å²) in [7, 11) is 0. The van der Waals surface area contributed by atoms with Gasteiger partial charge in [0.05, 0.1) is 24.6 Å². The SMILES string of the molecule is Clc1ccc2c(c1)CN(c1cncnc1)S2. The maximum Gasteiger partial charge on any atom is 0.115 e. The molecule has 3 rings (SSSR count). The Kier molecular flexibility index (Phi) is 2.46. The van der Waals surface area contributed by atoms with E-state index in [9.17, 15) is 0 Å². The molecule has 0 saturated heterocycles. The fraction of sp³-hybridized carbons (Fsp3) is 0.0909. The fourth-order valence-corrected chi connectivity index (χ4v) is 2.84. The molecule has 0 radical (unpaired) electrons. The van der Waals surface area contributed by atoms with E-state index in [-0.39, 0.29) is 0 Å². The average Bonchev–Trinajstić information content (AvgIpc) is 2.73. The Morgan fingerprint density at radius 1 is 1.25 bits per heavy atom. The monoisotopic (exact) mass is 249 g/mol. The van der Waals surface area contributed by atoms with Crippen LogP contribution in [0.2, 0.25) is 5.02 Å². The predicted octanol–water partition coefficient (Wildman–Crippen LogP) is 3.16. The van der Waals surface area contributed by atoms with Gasteiger partial charge in [-0.15, -0.1) is 0 Å². The van der Waals surface area contributed by atoms with Gasteiger partial charge in [0.25, 0.3) is 0 Å². The number of fused-ring (bicyclic) bond motifs is 1. The van der Waals surface area contributed by atoms with Crippen LogP contribution in [-0.2, 0) is 6.54 Å². The van der Waals surface area contributed by atoms with Crippen LogP contribution in [0.3, 0.4) is 0 Å². The number of anilines is 1. The van der Waals surface area contributed by atoms with Crippen molar-refractivity contribution in [1.82, 2.24) is 9.97 Å². The first kappa shape index (κ1) is 9.93. The molecule has 0 amide bonds. The van der Waals surface area contributed by atoms with Gasteiger partial charge in [0.15, 0.2) is 0 Å². The smallest absolute Gasteiger partial charge is 0.115 e. The van der Waals surface area contributed by atoms with Crippen molar-refractivity contribution >= 4 is 29.2 Å². The van der Waals surface area contributed by atoms with E-state index in [0.717, 1.165) is 17.3 Å². The van der Waals surface area contributed by atoms with Crippen LogP contribution in [0.25, 0.3) is 0 Å². The second-order valence-corrected chi connectivity index (χ2v) is 4.98. The van der Waals surface area contributed by atoms with E-state index in [0.29, 0.717) is 0 Å². The highest BCUT2D eigenvalue weighted by atomic mass is 35.5. The summed E-state index contributed by atoms with van der Waals surface area (Å²) in [6.45, 7) is 0.841. The maximum absolute atomic E-state index is 5.96. The molecule has 5 heteroatoms. The van der Waals surface area contributed by atoms with E-state index in [1.807, 2.05) is 30.6 Å². The number of halogens is 1. The van der Waals surface area contributed by atoms with E-state index in [2.05, 4.69) is 14.3 Å². The highest BCUT2D eigenvalue weighted by molar-refractivity contribution is 8.01. The topological polar surface area (TPSA) is 29.0 Å². The van der Waals surface area contributed by atoms with Gasteiger partial charge in [-0.1, -0.05) is 11.6 Å². The summed E-state index contributed by atoms with van der Waals surface area (Å²) in [4.78, 5) is 9.28. The highest BCUT2D eigenvalue weighted by Gasteiger charge is 2.20. The van der Waals surface area contributed by atoms with Crippen LogP contribution in [0.15, 0.2) is 41.8 Å². The molecular weight excluding hydrogens is 242 g/mol. The summed E-state index contributed by atoms with van der Waals surface area (Å²) in [5.41, 5.74) is 2.26. The summed E-state index contributed by atoms with van der Waals surface area (Å²) in [6.07, 6.45) is 5.16. The third-order valence-corrected chi connectivity index (χ3v) is 3.77. The minimum absolute atomic E-state index is 0.783. The molecule has 3 nitrogen and oxygen atoms in total. The Morgan fingerprint density at radius 2 is 2.06 bits per heavy atom. The molecule has 1 aliphatic rings. The normalized spacial score (nSPS) is 13.9. The molecule has 1 aromatic carbocycles. The fourth-order valence-electron chi connectivity index (χ4n) is 1.63. The standard InChI is InChI=1S/C11H8ClN3S/c12-9-1-2-11-8(3-9)6-15(16-11)10-4-13-7-14-5-10/h1-5,7H,6H2. The first-order valence-corrected chi connectivity index (χ1v) is 5.97. The van der Waals surface area contributed by atoms with Crippen LogP contribution in [-0.4, -0.2) is 9.97 Å². The molecule has 0 unspecified atom stereocenters. The predicted molar refractivity (Wildman–Crippen MR) is 65.5 cm³/mol. The molecule has 0 N–H and O–H groups in total. The van der Waals surface area contributed by atoms with Crippen molar-refractivity contribution in [3.63, 3.8) is 0 Å². The zero-order valence-electron chi connectivity index (χ0n) is 8.30. The second-order valence-electron chi connectivity index (χ2n) is 3.48. The minimum Gasteiger partial charge on any atom is -0.305 e. The quantitative estimate of drug-likeness (QED) is 0.726. The Balaban J connectivity index is 1.91. The van der Waals surface area contributed by atoms with Crippen molar-refractivity contribution < 1.29 is 0 Å². The summed E-state index contributed by atoms with van der Waals surface area (Å²) in [5.74, 6) is 0. The van der Waals surface area contributed by atoms with Gasteiger partial charge in [-0.25, -0.2) is 9.97 Å². The lowest BCUT2D eigenvalue weighted by Crippen LogP contribution is -2.07. The van der Waals surface area contributed by atoms with E-state index in [4.69, 9.17) is 11.6 Å². The highest BCUT2D eigenvalue weighted by Crippen LogP contribution is 2.39. The van der Waals surface area contributed by atoms with Crippen molar-refractivity contribution in [2.75, 3.05) is 4.31 Å². The van der Waals surface area contributed by atoms with Crippen LogP contribution < -0.4 is 4.31 Å². The van der Waals surface area contributed by atoms with Crippen LogP contribution >= 0.6 is 23.5 Å². The molecule has 0 spiro atoms. The van der Waals surface area contributed by atoms with Gasteiger partial charge in [0, 0.05) is 9.92 Å². The Labute approximate surface area is 103 Å². The largest absolute Gasteiger partial charge is 0.305 e. The summed E-state index contributed by atoms with van der Waals surface area (Å²) in [6, 6.07) is 5.97. The number of nitrogens with zero attached hydrogens (tertiary/aromatic N) is 3. The third kappa shape index (κ3) is 1.74. The van der Waals surface area contributed by atoms with Crippen LogP contribution in [0.1, 0.15) is 5.56 Å². The van der Waals surface area contributed by atoms with E-state index < -0.39 is 0 Å². The third-order valence-electron chi connectivity index (χ3n) is 2.38. The van der Waals surface area contributed by atoms with Gasteiger partial charge in [0.2, 0.25) is 0 Å². The van der Waals surface area contributed by atoms with Gasteiger partial charge in [-0.2, -0.15) is 0 Å². The Bertz CT molecular complexity index is 518. The molecular formula is C11H8ClN3S. The zero-order chi connectivity index (χ0) is 11.0. The van der Waals surface area contributed by atoms with Crippen LogP contribution in [0, 0.1) is 0 Å². The lowest BCUT2D eigenvalue weighted by Gasteiger charge is -2.13. The molecule has 0 saturated carbocycles. The van der Waals surface area contributed by atoms with Crippen LogP contribution in [0.5, 0.6) is 0 Å². The van der Waals surface area contributed by atoms with E-state index in [1.54, 1.807) is 11.9 Å². The molecule has 1 aromatic heterocycles. The molecule has 2 aromatic rings. The molecule has 80 valence electrons. The first-order valence-electron chi connectivity index (χ1n) is 4.82. The summed E-state index contributed by atoms with van der Waals surface area (Å²) < 4.78 is 2.15. The molecule has 0 bridgehead atoms. The second kappa shape index (κ2) is 3.96. The molecule has 0 atom stereocenters. The lowest BCUT2D eigenvalue weighted by molar-refractivity contribution is 1.04. The number of benzene rings is 1. The molecule has 2 heterocycles. The Morgan fingerprint density at radius 3 is 2.88 bits per heavy atom. The molecule has 0 aliphatic carbocycles. The minimum atomic E-state index is 0.783. The number of hydrogen-bond acceptors (Lipinski definition) is 4. The van der Waals surface area contributed by atoms with Crippen molar-refractivity contribution in [3.8, 4) is 0 Å². The first-order chi connectivity index (χ1) is 7.83. The zero-order valence-corrected chi connectivity index (χ0v) is 9.87. The summed E-state index contributed by atoms with van der Waals surface area (Å²) in [5, 5.41) is 0.783. The van der Waals surface area contributed by atoms with Gasteiger partial charge >= 0.3 is 0 Å². The van der Waals surface area contributed by atoms with Gasteiger partial charge in [-0.3, -0.25) is 0 Å². The maximum atomic E-state index is 5.96. The van der Waals surface area contributed by atoms with Crippen molar-refractivity contribution in [2.45, 2.75) is 11.4 Å². The number of hydrogen-bond donors (Lipinski definition) is 0. The molecule has 0 fully saturated rings. The van der Waals surface area contributed by atoms with Crippen molar-refractivity contribution in [1.29, 1.82) is 0 Å². The average molecular weight is 250 g/mol. The molecule has 1 aliphatic heterocycles. The van der Waals surface area contributed by atoms with E-state index in [1.165, 1.54) is 16.8 Å². The van der Waals surface area contributed by atoms with Crippen molar-refractivity contribution in [3.05, 3.63) is 47.5 Å². The van der Waals surface area contributed by atoms with Gasteiger partial charge in [0.1, 0.15) is 6.33 Å². The van der Waals surface area contributed by atoms with Gasteiger partial charge < -0.3 is 4.31 Å².